The van der Waals surface area contributed by atoms with Crippen molar-refractivity contribution < 1.29 is 0 Å². The molecule has 0 saturated carbocycles. The van der Waals surface area contributed by atoms with E-state index in [1.807, 2.05) is 146 Å². The van der Waals surface area contributed by atoms with Crippen LogP contribution >= 0.6 is 0 Å². The van der Waals surface area contributed by atoms with Gasteiger partial charge < -0.3 is 0 Å². The lowest BCUT2D eigenvalue weighted by atomic mass is 9.92. The van der Waals surface area contributed by atoms with E-state index in [0.717, 1.165) is 179 Å². The van der Waals surface area contributed by atoms with Gasteiger partial charge in [0.25, 0.3) is 0 Å². The first-order chi connectivity index (χ1) is 59.4. The van der Waals surface area contributed by atoms with E-state index in [1.165, 1.54) is 0 Å². The fraction of sp³-hybridized carbons (Fsp3) is 0. The van der Waals surface area contributed by atoms with E-state index in [-0.39, 0.29) is 0 Å². The van der Waals surface area contributed by atoms with Gasteiger partial charge in [0.1, 0.15) is 0 Å². The Morgan fingerprint density at radius 2 is 0.333 bits per heavy atom. The second kappa shape index (κ2) is 34.5. The van der Waals surface area contributed by atoms with Crippen molar-refractivity contribution in [1.29, 1.82) is 0 Å². The van der Waals surface area contributed by atoms with Crippen LogP contribution in [-0.4, -0.2) is 44.9 Å². The first kappa shape index (κ1) is 73.9. The molecule has 20 aromatic rings. The zero-order valence-corrected chi connectivity index (χ0v) is 65.3. The molecule has 9 heteroatoms. The van der Waals surface area contributed by atoms with Crippen molar-refractivity contribution in [3.63, 3.8) is 0 Å². The van der Waals surface area contributed by atoms with Gasteiger partial charge in [-0.1, -0.05) is 291 Å². The molecule has 0 saturated heterocycles. The number of benzene rings is 14. The van der Waals surface area contributed by atoms with Crippen LogP contribution in [0.1, 0.15) is 0 Å². The van der Waals surface area contributed by atoms with Crippen molar-refractivity contribution in [2.24, 2.45) is 0 Å². The minimum atomic E-state index is 0.603. The lowest BCUT2D eigenvalue weighted by Crippen LogP contribution is -2.00. The number of hydrogen-bond acceptors (Lipinski definition) is 9. The van der Waals surface area contributed by atoms with Crippen LogP contribution in [0.2, 0.25) is 0 Å². The summed E-state index contributed by atoms with van der Waals surface area (Å²) in [6.07, 6.45) is 11.1. The summed E-state index contributed by atoms with van der Waals surface area (Å²) in [6, 6.07) is 146. The number of pyridine rings is 4. The van der Waals surface area contributed by atoms with Crippen LogP contribution < -0.4 is 0 Å². The maximum atomic E-state index is 5.25. The van der Waals surface area contributed by atoms with Gasteiger partial charge in [-0.3, -0.25) is 19.9 Å². The van der Waals surface area contributed by atoms with E-state index in [4.69, 9.17) is 24.9 Å². The minimum absolute atomic E-state index is 0.603. The van der Waals surface area contributed by atoms with E-state index in [9.17, 15) is 0 Å². The Hall–Kier alpha value is -16.2. The van der Waals surface area contributed by atoms with Gasteiger partial charge in [0.2, 0.25) is 0 Å². The third-order valence-corrected chi connectivity index (χ3v) is 21.4. The highest BCUT2D eigenvalue weighted by Crippen LogP contribution is 2.41. The summed E-state index contributed by atoms with van der Waals surface area (Å²) in [5.74, 6) is 2.51. The Bertz CT molecular complexity index is 6170. The molecular weight excluding hydrogens is 1460 g/mol. The quantitative estimate of drug-likeness (QED) is 0.0828. The van der Waals surface area contributed by atoms with E-state index < -0.39 is 0 Å². The fourth-order valence-electron chi connectivity index (χ4n) is 15.3. The van der Waals surface area contributed by atoms with E-state index in [2.05, 4.69) is 317 Å². The number of rotatable bonds is 18. The Labute approximate surface area is 697 Å². The first-order valence-corrected chi connectivity index (χ1v) is 40.1. The Balaban J connectivity index is 0.000000159. The van der Waals surface area contributed by atoms with Crippen molar-refractivity contribution in [3.8, 4) is 202 Å². The lowest BCUT2D eigenvalue weighted by molar-refractivity contribution is 1.07. The summed E-state index contributed by atoms with van der Waals surface area (Å²) in [5.41, 5.74) is 33.6. The molecule has 14 aromatic carbocycles. The van der Waals surface area contributed by atoms with E-state index in [1.54, 1.807) is 12.4 Å². The Kier molecular flexibility index (Phi) is 21.2. The average Bonchev–Trinajstić information content (AvgIpc) is 0.779. The lowest BCUT2D eigenvalue weighted by Gasteiger charge is -2.14. The van der Waals surface area contributed by atoms with Crippen molar-refractivity contribution in [2.75, 3.05) is 0 Å². The van der Waals surface area contributed by atoms with Crippen molar-refractivity contribution in [1.82, 2.24) is 44.9 Å². The SMILES string of the molecule is c1ccc(-c2cc(-c3ccccc3)nc(-c3cc(-c4cccc(-c5cccc(-c6ccccn6)c5)c4)cc(-c4cccc(-c5cccc(-c6ccccn6)c5)c4)c3)n2)cc1.c1ccc(-c2nc(-c3ccccc3)nc(-c3cc(-c4cccc(-c5cccc(-c6cccnc6)c5)c4)cc(-c4cccc(-c5cccc(-c6cccnc6)c5)c4)c3)n2)cc1. The average molecular weight is 1530 g/mol. The molecule has 0 aliphatic heterocycles. The zero-order valence-electron chi connectivity index (χ0n) is 65.3. The summed E-state index contributed by atoms with van der Waals surface area (Å²) in [4.78, 5) is 43.7. The maximum Gasteiger partial charge on any atom is 0.164 e. The van der Waals surface area contributed by atoms with Crippen LogP contribution in [0.3, 0.4) is 0 Å². The maximum absolute atomic E-state index is 5.25. The summed E-state index contributed by atoms with van der Waals surface area (Å²) < 4.78 is 0. The van der Waals surface area contributed by atoms with Crippen molar-refractivity contribution >= 4 is 0 Å². The van der Waals surface area contributed by atoms with Gasteiger partial charge in [-0.15, -0.1) is 0 Å². The molecular formula is C111H75N9. The second-order valence-electron chi connectivity index (χ2n) is 29.4. The molecule has 564 valence electrons. The number of aromatic nitrogens is 9. The van der Waals surface area contributed by atoms with Gasteiger partial charge in [0.05, 0.1) is 22.8 Å². The third kappa shape index (κ3) is 16.8. The second-order valence-corrected chi connectivity index (χ2v) is 29.4. The standard InChI is InChI=1S/C56H38N4.C55H37N5/c1-3-15-39(16-4-1)54-38-55(40-17-5-2-6-18-40)60-56(59-54)51-36-49(45-23-11-19-41(31-45)43-21-13-25-47(33-43)52-27-7-9-29-57-52)35-50(37-51)46-24-12-20-42(32-46)44-22-14-26-48(34-44)53-28-8-10-30-58-53;1-3-13-38(14-4-1)53-58-54(39-15-5-2-6-16-39)60-55(59-53)52-34-50(46-23-9-19-42(31-46)40-17-7-21-44(29-40)48-25-11-27-56-36-48)33-51(35-52)47-24-10-20-43(32-47)41-18-8-22-45(30-41)49-26-12-28-57-37-49/h1-38H;1-37H. The molecule has 0 aliphatic rings. The van der Waals surface area contributed by atoms with Gasteiger partial charge in [-0.2, -0.15) is 0 Å². The fourth-order valence-corrected chi connectivity index (χ4v) is 15.3. The van der Waals surface area contributed by atoms with Gasteiger partial charge in [-0.05, 0) is 228 Å². The molecule has 0 spiro atoms. The summed E-state index contributed by atoms with van der Waals surface area (Å²) >= 11 is 0. The first-order valence-electron chi connectivity index (χ1n) is 40.1. The van der Waals surface area contributed by atoms with Crippen LogP contribution in [0.5, 0.6) is 0 Å². The topological polar surface area (TPSA) is 116 Å². The van der Waals surface area contributed by atoms with Crippen LogP contribution in [0.25, 0.3) is 202 Å². The van der Waals surface area contributed by atoms with Gasteiger partial charge in [0.15, 0.2) is 23.3 Å². The summed E-state index contributed by atoms with van der Waals surface area (Å²) in [5, 5.41) is 0. The normalized spacial score (nSPS) is 11.0. The van der Waals surface area contributed by atoms with E-state index in [0.29, 0.717) is 23.3 Å². The molecule has 0 radical (unpaired) electrons. The van der Waals surface area contributed by atoms with Crippen LogP contribution in [-0.2, 0) is 0 Å². The Morgan fingerprint density at radius 1 is 0.117 bits per heavy atom. The van der Waals surface area contributed by atoms with Crippen molar-refractivity contribution in [2.45, 2.75) is 0 Å². The molecule has 0 bridgehead atoms. The summed E-state index contributed by atoms with van der Waals surface area (Å²) in [6.45, 7) is 0. The molecule has 6 heterocycles. The van der Waals surface area contributed by atoms with Gasteiger partial charge in [0, 0.05) is 92.8 Å². The molecule has 0 aliphatic carbocycles. The molecule has 120 heavy (non-hydrogen) atoms. The molecule has 6 aromatic heterocycles. The molecule has 0 fully saturated rings. The van der Waals surface area contributed by atoms with Crippen LogP contribution in [0.15, 0.2) is 456 Å². The predicted molar refractivity (Wildman–Crippen MR) is 491 cm³/mol. The van der Waals surface area contributed by atoms with Crippen LogP contribution in [0.4, 0.5) is 0 Å². The molecule has 20 rings (SSSR count). The highest BCUT2D eigenvalue weighted by molar-refractivity contribution is 5.88. The zero-order chi connectivity index (χ0) is 80.2. The number of hydrogen-bond donors (Lipinski definition) is 0. The monoisotopic (exact) mass is 1530 g/mol. The molecule has 9 nitrogen and oxygen atoms in total. The van der Waals surface area contributed by atoms with Crippen molar-refractivity contribution in [3.05, 3.63) is 456 Å². The molecule has 0 N–H and O–H groups in total. The summed E-state index contributed by atoms with van der Waals surface area (Å²) in [7, 11) is 0. The van der Waals surface area contributed by atoms with E-state index >= 15 is 0 Å². The predicted octanol–water partition coefficient (Wildman–Crippen LogP) is 27.9. The largest absolute Gasteiger partial charge is 0.264 e. The van der Waals surface area contributed by atoms with Gasteiger partial charge >= 0.3 is 0 Å². The molecule has 0 unspecified atom stereocenters. The third-order valence-electron chi connectivity index (χ3n) is 21.4. The van der Waals surface area contributed by atoms with Crippen LogP contribution in [0, 0.1) is 0 Å². The minimum Gasteiger partial charge on any atom is -0.264 e. The smallest absolute Gasteiger partial charge is 0.164 e. The highest BCUT2D eigenvalue weighted by Gasteiger charge is 2.20. The number of nitrogens with zero attached hydrogens (tertiary/aromatic N) is 9. The Morgan fingerprint density at radius 3 is 0.617 bits per heavy atom. The molecule has 0 amide bonds. The van der Waals surface area contributed by atoms with Gasteiger partial charge in [-0.25, -0.2) is 24.9 Å². The molecule has 0 atom stereocenters. The highest BCUT2D eigenvalue weighted by atomic mass is 15.0.